The number of aliphatic imine (C=N–C) groups is 1. The van der Waals surface area contributed by atoms with Crippen molar-refractivity contribution in [3.63, 3.8) is 0 Å². The van der Waals surface area contributed by atoms with Crippen molar-refractivity contribution in [1.29, 1.82) is 0 Å². The van der Waals surface area contributed by atoms with E-state index in [0.717, 1.165) is 5.56 Å². The van der Waals surface area contributed by atoms with E-state index >= 15 is 0 Å². The molecule has 0 aliphatic heterocycles. The summed E-state index contributed by atoms with van der Waals surface area (Å²) in [5, 5.41) is 0. The Hall–Kier alpha value is -1.36. The molecule has 0 atom stereocenters. The highest BCUT2D eigenvalue weighted by molar-refractivity contribution is 7.90. The van der Waals surface area contributed by atoms with Gasteiger partial charge in [-0.15, -0.1) is 0 Å². The molecule has 0 spiro atoms. The van der Waals surface area contributed by atoms with E-state index in [9.17, 15) is 8.42 Å². The summed E-state index contributed by atoms with van der Waals surface area (Å²) in [6.07, 6.45) is 1.17. The molecule has 82 valence electrons. The molecule has 2 N–H and O–H groups in total. The molecule has 0 radical (unpaired) electrons. The van der Waals surface area contributed by atoms with Crippen LogP contribution in [0.25, 0.3) is 0 Å². The number of hydrogen-bond donors (Lipinski definition) is 1. The largest absolute Gasteiger partial charge is 0.384 e. The summed E-state index contributed by atoms with van der Waals surface area (Å²) < 4.78 is 22.4. The van der Waals surface area contributed by atoms with Crippen LogP contribution in [0.15, 0.2) is 34.2 Å². The molecule has 5 heteroatoms. The van der Waals surface area contributed by atoms with Crippen molar-refractivity contribution in [2.45, 2.75) is 11.8 Å². The quantitative estimate of drug-likeness (QED) is 0.612. The average Bonchev–Trinajstić information content (AvgIpc) is 2.17. The molecule has 0 heterocycles. The standard InChI is InChI=1S/C10H14N2O2S/c1-3-12-10(11)8-4-6-9(7-5-8)15(2,13)14/h4-7H,3H2,1-2H3,(H2,11,12). The molecule has 0 bridgehead atoms. The van der Waals surface area contributed by atoms with Gasteiger partial charge >= 0.3 is 0 Å². The van der Waals surface area contributed by atoms with Gasteiger partial charge in [0.1, 0.15) is 5.84 Å². The topological polar surface area (TPSA) is 72.5 Å². The molecule has 0 amide bonds. The molecule has 0 aliphatic rings. The minimum Gasteiger partial charge on any atom is -0.384 e. The number of nitrogens with two attached hydrogens (primary N) is 1. The third kappa shape index (κ3) is 3.06. The van der Waals surface area contributed by atoms with E-state index in [-0.39, 0.29) is 4.90 Å². The minimum atomic E-state index is -3.14. The first-order valence-electron chi connectivity index (χ1n) is 4.55. The molecule has 1 aromatic carbocycles. The Morgan fingerprint density at radius 3 is 2.27 bits per heavy atom. The number of amidine groups is 1. The monoisotopic (exact) mass is 226 g/mol. The maximum Gasteiger partial charge on any atom is 0.175 e. The maximum absolute atomic E-state index is 11.2. The normalized spacial score (nSPS) is 12.8. The van der Waals surface area contributed by atoms with Gasteiger partial charge in [-0.3, -0.25) is 4.99 Å². The van der Waals surface area contributed by atoms with E-state index in [4.69, 9.17) is 5.73 Å². The van der Waals surface area contributed by atoms with E-state index < -0.39 is 9.84 Å². The molecule has 15 heavy (non-hydrogen) atoms. The lowest BCUT2D eigenvalue weighted by atomic mass is 10.2. The van der Waals surface area contributed by atoms with Gasteiger partial charge in [0.15, 0.2) is 9.84 Å². The first-order valence-corrected chi connectivity index (χ1v) is 6.44. The highest BCUT2D eigenvalue weighted by atomic mass is 32.2. The Bertz CT molecular complexity index is 461. The zero-order valence-electron chi connectivity index (χ0n) is 8.77. The van der Waals surface area contributed by atoms with E-state index in [0.29, 0.717) is 12.4 Å². The van der Waals surface area contributed by atoms with Gasteiger partial charge in [-0.2, -0.15) is 0 Å². The highest BCUT2D eigenvalue weighted by Gasteiger charge is 2.06. The predicted octanol–water partition coefficient (Wildman–Crippen LogP) is 0.815. The molecule has 4 nitrogen and oxygen atoms in total. The van der Waals surface area contributed by atoms with Gasteiger partial charge in [-0.1, -0.05) is 12.1 Å². The van der Waals surface area contributed by atoms with Crippen molar-refractivity contribution in [2.75, 3.05) is 12.8 Å². The number of hydrogen-bond acceptors (Lipinski definition) is 3. The lowest BCUT2D eigenvalue weighted by molar-refractivity contribution is 0.602. The second-order valence-corrected chi connectivity index (χ2v) is 5.17. The van der Waals surface area contributed by atoms with E-state index in [1.165, 1.54) is 18.4 Å². The second kappa shape index (κ2) is 4.44. The summed E-state index contributed by atoms with van der Waals surface area (Å²) >= 11 is 0. The van der Waals surface area contributed by atoms with Crippen LogP contribution in [0.2, 0.25) is 0 Å². The third-order valence-electron chi connectivity index (χ3n) is 1.91. The van der Waals surface area contributed by atoms with Crippen LogP contribution >= 0.6 is 0 Å². The van der Waals surface area contributed by atoms with Crippen molar-refractivity contribution in [3.8, 4) is 0 Å². The third-order valence-corrected chi connectivity index (χ3v) is 3.04. The SMILES string of the molecule is CCN=C(N)c1ccc(S(C)(=O)=O)cc1. The summed E-state index contributed by atoms with van der Waals surface area (Å²) in [7, 11) is -3.14. The molecule has 0 aromatic heterocycles. The van der Waals surface area contributed by atoms with Gasteiger partial charge in [0.2, 0.25) is 0 Å². The molecular formula is C10H14N2O2S. The van der Waals surface area contributed by atoms with Gasteiger partial charge < -0.3 is 5.73 Å². The predicted molar refractivity (Wildman–Crippen MR) is 60.8 cm³/mol. The summed E-state index contributed by atoms with van der Waals surface area (Å²) in [6, 6.07) is 6.38. The summed E-state index contributed by atoms with van der Waals surface area (Å²) in [6.45, 7) is 2.50. The molecular weight excluding hydrogens is 212 g/mol. The minimum absolute atomic E-state index is 0.288. The summed E-state index contributed by atoms with van der Waals surface area (Å²) in [5.74, 6) is 0.428. The van der Waals surface area contributed by atoms with Gasteiger partial charge in [0.25, 0.3) is 0 Å². The highest BCUT2D eigenvalue weighted by Crippen LogP contribution is 2.09. The number of nitrogens with zero attached hydrogens (tertiary/aromatic N) is 1. The lowest BCUT2D eigenvalue weighted by Crippen LogP contribution is -2.13. The van der Waals surface area contributed by atoms with Crippen LogP contribution in [0, 0.1) is 0 Å². The number of sulfone groups is 1. The van der Waals surface area contributed by atoms with Crippen LogP contribution < -0.4 is 5.73 Å². The first kappa shape index (κ1) is 11.7. The Balaban J connectivity index is 3.06. The Morgan fingerprint density at radius 2 is 1.87 bits per heavy atom. The Kier molecular flexibility index (Phi) is 3.47. The van der Waals surface area contributed by atoms with E-state index in [1.807, 2.05) is 6.92 Å². The fourth-order valence-corrected chi connectivity index (χ4v) is 1.76. The molecule has 0 unspecified atom stereocenters. The van der Waals surface area contributed by atoms with Crippen LogP contribution in [-0.4, -0.2) is 27.1 Å². The fourth-order valence-electron chi connectivity index (χ4n) is 1.13. The van der Waals surface area contributed by atoms with Gasteiger partial charge in [-0.05, 0) is 19.1 Å². The lowest BCUT2D eigenvalue weighted by Gasteiger charge is -2.02. The van der Waals surface area contributed by atoms with Crippen LogP contribution in [0.3, 0.4) is 0 Å². The number of rotatable bonds is 3. The van der Waals surface area contributed by atoms with Crippen LogP contribution in [0.1, 0.15) is 12.5 Å². The Labute approximate surface area is 89.8 Å². The maximum atomic E-state index is 11.2. The second-order valence-electron chi connectivity index (χ2n) is 3.16. The van der Waals surface area contributed by atoms with E-state index in [2.05, 4.69) is 4.99 Å². The zero-order valence-corrected chi connectivity index (χ0v) is 9.58. The first-order chi connectivity index (χ1) is 6.95. The molecule has 1 rings (SSSR count). The average molecular weight is 226 g/mol. The van der Waals surface area contributed by atoms with Crippen molar-refractivity contribution in [2.24, 2.45) is 10.7 Å². The molecule has 0 saturated heterocycles. The fraction of sp³-hybridized carbons (Fsp3) is 0.300. The smallest absolute Gasteiger partial charge is 0.175 e. The van der Waals surface area contributed by atoms with Crippen molar-refractivity contribution in [3.05, 3.63) is 29.8 Å². The molecule has 0 saturated carbocycles. The van der Waals surface area contributed by atoms with Crippen LogP contribution in [0.4, 0.5) is 0 Å². The summed E-state index contributed by atoms with van der Waals surface area (Å²) in [5.41, 5.74) is 6.41. The van der Waals surface area contributed by atoms with Crippen molar-refractivity contribution < 1.29 is 8.42 Å². The molecule has 0 fully saturated rings. The summed E-state index contributed by atoms with van der Waals surface area (Å²) in [4.78, 5) is 4.32. The number of benzene rings is 1. The zero-order chi connectivity index (χ0) is 11.5. The van der Waals surface area contributed by atoms with Gasteiger partial charge in [-0.25, -0.2) is 8.42 Å². The van der Waals surface area contributed by atoms with E-state index in [1.54, 1.807) is 12.1 Å². The van der Waals surface area contributed by atoms with Gasteiger partial charge in [0.05, 0.1) is 4.90 Å². The van der Waals surface area contributed by atoms with Crippen LogP contribution in [-0.2, 0) is 9.84 Å². The van der Waals surface area contributed by atoms with Gasteiger partial charge in [0, 0.05) is 18.4 Å². The molecule has 1 aromatic rings. The van der Waals surface area contributed by atoms with Crippen molar-refractivity contribution in [1.82, 2.24) is 0 Å². The molecule has 0 aliphatic carbocycles. The Morgan fingerprint density at radius 1 is 1.33 bits per heavy atom. The van der Waals surface area contributed by atoms with Crippen molar-refractivity contribution >= 4 is 15.7 Å². The van der Waals surface area contributed by atoms with Crippen LogP contribution in [0.5, 0.6) is 0 Å².